The van der Waals surface area contributed by atoms with E-state index in [0.717, 1.165) is 24.0 Å². The van der Waals surface area contributed by atoms with Crippen LogP contribution in [0.15, 0.2) is 18.2 Å². The Bertz CT molecular complexity index is 410. The van der Waals surface area contributed by atoms with Crippen LogP contribution >= 0.6 is 0 Å². The highest BCUT2D eigenvalue weighted by Gasteiger charge is 2.07. The zero-order valence-electron chi connectivity index (χ0n) is 13.2. The van der Waals surface area contributed by atoms with Crippen molar-refractivity contribution in [2.24, 2.45) is 0 Å². The highest BCUT2D eigenvalue weighted by molar-refractivity contribution is 5.72. The van der Waals surface area contributed by atoms with Gasteiger partial charge in [-0.2, -0.15) is 0 Å². The Hall–Kier alpha value is -1.31. The van der Waals surface area contributed by atoms with Crippen LogP contribution in [-0.2, 0) is 4.79 Å². The molecule has 0 aromatic heterocycles. The van der Waals surface area contributed by atoms with E-state index >= 15 is 0 Å². The van der Waals surface area contributed by atoms with Crippen LogP contribution in [0.4, 0.5) is 0 Å². The van der Waals surface area contributed by atoms with Gasteiger partial charge < -0.3 is 4.74 Å². The van der Waals surface area contributed by atoms with Gasteiger partial charge in [-0.1, -0.05) is 57.6 Å². The van der Waals surface area contributed by atoms with Crippen molar-refractivity contribution >= 4 is 5.97 Å². The zero-order chi connectivity index (χ0) is 14.8. The van der Waals surface area contributed by atoms with Crippen LogP contribution in [0.3, 0.4) is 0 Å². The maximum absolute atomic E-state index is 11.8. The lowest BCUT2D eigenvalue weighted by atomic mass is 10.1. The van der Waals surface area contributed by atoms with E-state index in [1.54, 1.807) is 0 Å². The molecule has 0 unspecified atom stereocenters. The number of unbranched alkanes of at least 4 members (excludes halogenated alkanes) is 6. The summed E-state index contributed by atoms with van der Waals surface area (Å²) in [5.74, 6) is 0.602. The van der Waals surface area contributed by atoms with Crippen LogP contribution in [-0.4, -0.2) is 5.97 Å². The lowest BCUT2D eigenvalue weighted by molar-refractivity contribution is -0.134. The summed E-state index contributed by atoms with van der Waals surface area (Å²) in [6.07, 6.45) is 9.06. The molecule has 0 atom stereocenters. The third kappa shape index (κ3) is 6.23. The fourth-order valence-electron chi connectivity index (χ4n) is 2.23. The summed E-state index contributed by atoms with van der Waals surface area (Å²) >= 11 is 0. The molecule has 0 amide bonds. The van der Waals surface area contributed by atoms with E-state index in [1.165, 1.54) is 32.1 Å². The van der Waals surface area contributed by atoms with Crippen LogP contribution in [0.5, 0.6) is 5.75 Å². The Balaban J connectivity index is 2.19. The number of benzene rings is 1. The number of carbonyl (C=O) groups excluding carboxylic acids is 1. The third-order valence-electron chi connectivity index (χ3n) is 3.76. The summed E-state index contributed by atoms with van der Waals surface area (Å²) in [4.78, 5) is 11.8. The van der Waals surface area contributed by atoms with Gasteiger partial charge in [0.2, 0.25) is 0 Å². The lowest BCUT2D eigenvalue weighted by Gasteiger charge is -2.09. The van der Waals surface area contributed by atoms with Crippen LogP contribution in [0.2, 0.25) is 0 Å². The molecule has 1 aromatic carbocycles. The molecule has 0 spiro atoms. The molecule has 0 aliphatic heterocycles. The Morgan fingerprint density at radius 1 is 1.00 bits per heavy atom. The van der Waals surface area contributed by atoms with Gasteiger partial charge in [0.25, 0.3) is 0 Å². The summed E-state index contributed by atoms with van der Waals surface area (Å²) in [7, 11) is 0. The van der Waals surface area contributed by atoms with E-state index in [9.17, 15) is 4.79 Å². The van der Waals surface area contributed by atoms with E-state index in [1.807, 2.05) is 32.0 Å². The van der Waals surface area contributed by atoms with Crippen molar-refractivity contribution < 1.29 is 9.53 Å². The number of aryl methyl sites for hydroxylation is 1. The quantitative estimate of drug-likeness (QED) is 0.345. The fraction of sp³-hybridized carbons (Fsp3) is 0.611. The number of esters is 1. The van der Waals surface area contributed by atoms with Crippen molar-refractivity contribution in [3.05, 3.63) is 29.3 Å². The lowest BCUT2D eigenvalue weighted by Crippen LogP contribution is -2.08. The van der Waals surface area contributed by atoms with Crippen molar-refractivity contribution in [2.75, 3.05) is 0 Å². The molecule has 2 nitrogen and oxygen atoms in total. The number of rotatable bonds is 9. The fourth-order valence-corrected chi connectivity index (χ4v) is 2.23. The summed E-state index contributed by atoms with van der Waals surface area (Å²) < 4.78 is 5.43. The van der Waals surface area contributed by atoms with Gasteiger partial charge in [0.1, 0.15) is 5.75 Å². The van der Waals surface area contributed by atoms with Crippen molar-refractivity contribution in [1.29, 1.82) is 0 Å². The molecule has 1 rings (SSSR count). The maximum atomic E-state index is 11.8. The molecule has 2 heteroatoms. The Labute approximate surface area is 123 Å². The predicted octanol–water partition coefficient (Wildman–Crippen LogP) is 5.35. The van der Waals surface area contributed by atoms with E-state index in [2.05, 4.69) is 6.92 Å². The van der Waals surface area contributed by atoms with E-state index < -0.39 is 0 Å². The van der Waals surface area contributed by atoms with Gasteiger partial charge in [-0.3, -0.25) is 4.79 Å². The van der Waals surface area contributed by atoms with Crippen LogP contribution in [0.1, 0.15) is 69.4 Å². The predicted molar refractivity (Wildman–Crippen MR) is 84.2 cm³/mol. The Morgan fingerprint density at radius 2 is 1.65 bits per heavy atom. The maximum Gasteiger partial charge on any atom is 0.311 e. The van der Waals surface area contributed by atoms with Crippen molar-refractivity contribution in [2.45, 2.75) is 72.1 Å². The van der Waals surface area contributed by atoms with Crippen LogP contribution < -0.4 is 4.74 Å². The highest BCUT2D eigenvalue weighted by atomic mass is 16.5. The molecule has 112 valence electrons. The van der Waals surface area contributed by atoms with Gasteiger partial charge >= 0.3 is 5.97 Å². The van der Waals surface area contributed by atoms with E-state index in [-0.39, 0.29) is 5.97 Å². The van der Waals surface area contributed by atoms with Crippen molar-refractivity contribution in [1.82, 2.24) is 0 Å². The van der Waals surface area contributed by atoms with Gasteiger partial charge in [-0.25, -0.2) is 0 Å². The molecule has 0 aliphatic rings. The average molecular weight is 276 g/mol. The zero-order valence-corrected chi connectivity index (χ0v) is 13.2. The normalized spacial score (nSPS) is 10.6. The second-order valence-corrected chi connectivity index (χ2v) is 5.54. The molecular formula is C18H28O2. The molecule has 0 N–H and O–H groups in total. The minimum Gasteiger partial charge on any atom is -0.426 e. The standard InChI is InChI=1S/C18H28O2/c1-4-5-6-7-8-9-10-14-18(19)20-17-13-11-12-15(2)16(17)3/h11-13H,4-10,14H2,1-3H3. The molecule has 0 heterocycles. The molecule has 0 saturated heterocycles. The molecule has 0 saturated carbocycles. The summed E-state index contributed by atoms with van der Waals surface area (Å²) in [5.41, 5.74) is 2.21. The van der Waals surface area contributed by atoms with Gasteiger partial charge in [0.05, 0.1) is 0 Å². The second kappa shape index (κ2) is 9.57. The first-order chi connectivity index (χ1) is 9.65. The number of hydrogen-bond donors (Lipinski definition) is 0. The van der Waals surface area contributed by atoms with E-state index in [4.69, 9.17) is 4.74 Å². The molecule has 0 bridgehead atoms. The van der Waals surface area contributed by atoms with Gasteiger partial charge in [-0.05, 0) is 37.5 Å². The van der Waals surface area contributed by atoms with Crippen molar-refractivity contribution in [3.63, 3.8) is 0 Å². The molecule has 20 heavy (non-hydrogen) atoms. The first-order valence-corrected chi connectivity index (χ1v) is 7.92. The minimum atomic E-state index is -0.104. The largest absolute Gasteiger partial charge is 0.426 e. The van der Waals surface area contributed by atoms with Gasteiger partial charge in [0.15, 0.2) is 0 Å². The molecular weight excluding hydrogens is 248 g/mol. The second-order valence-electron chi connectivity index (χ2n) is 5.54. The Kier molecular flexibility index (Phi) is 8.01. The summed E-state index contributed by atoms with van der Waals surface area (Å²) in [6.45, 7) is 6.25. The third-order valence-corrected chi connectivity index (χ3v) is 3.76. The molecule has 0 fully saturated rings. The smallest absolute Gasteiger partial charge is 0.311 e. The first-order valence-electron chi connectivity index (χ1n) is 7.92. The number of ether oxygens (including phenoxy) is 1. The van der Waals surface area contributed by atoms with Crippen molar-refractivity contribution in [3.8, 4) is 5.75 Å². The molecule has 0 aliphatic carbocycles. The first kappa shape index (κ1) is 16.7. The van der Waals surface area contributed by atoms with E-state index in [0.29, 0.717) is 12.2 Å². The van der Waals surface area contributed by atoms with Crippen LogP contribution in [0.25, 0.3) is 0 Å². The average Bonchev–Trinajstić information content (AvgIpc) is 2.43. The number of hydrogen-bond acceptors (Lipinski definition) is 2. The van der Waals surface area contributed by atoms with Gasteiger partial charge in [-0.15, -0.1) is 0 Å². The molecule has 1 aromatic rings. The topological polar surface area (TPSA) is 26.3 Å². The minimum absolute atomic E-state index is 0.104. The van der Waals surface area contributed by atoms with Crippen LogP contribution in [0, 0.1) is 13.8 Å². The van der Waals surface area contributed by atoms with Gasteiger partial charge in [0, 0.05) is 6.42 Å². The SMILES string of the molecule is CCCCCCCCCC(=O)Oc1cccc(C)c1C. The summed E-state index contributed by atoms with van der Waals surface area (Å²) in [5, 5.41) is 0. The summed E-state index contributed by atoms with van der Waals surface area (Å²) in [6, 6.07) is 5.83. The highest BCUT2D eigenvalue weighted by Crippen LogP contribution is 2.21. The monoisotopic (exact) mass is 276 g/mol. The molecule has 0 radical (unpaired) electrons. The Morgan fingerprint density at radius 3 is 2.35 bits per heavy atom. The number of carbonyl (C=O) groups is 1.